The Bertz CT molecular complexity index is 910. The van der Waals surface area contributed by atoms with Crippen molar-refractivity contribution in [2.45, 2.75) is 24.8 Å². The van der Waals surface area contributed by atoms with Crippen LogP contribution >= 0.6 is 0 Å². The number of sulfonamides is 1. The Kier molecular flexibility index (Phi) is 4.78. The molecule has 25 heavy (non-hydrogen) atoms. The first kappa shape index (κ1) is 17.4. The molecule has 2 N–H and O–H groups in total. The van der Waals surface area contributed by atoms with Crippen molar-refractivity contribution < 1.29 is 13.2 Å². The van der Waals surface area contributed by atoms with Crippen molar-refractivity contribution in [2.75, 3.05) is 18.9 Å². The average molecular weight is 359 g/mol. The van der Waals surface area contributed by atoms with Crippen LogP contribution in [0.2, 0.25) is 0 Å². The lowest BCUT2D eigenvalue weighted by Gasteiger charge is -2.29. The first-order valence-electron chi connectivity index (χ1n) is 8.07. The zero-order chi connectivity index (χ0) is 18.0. The molecule has 0 spiro atoms. The summed E-state index contributed by atoms with van der Waals surface area (Å²) in [6.45, 7) is 3.02. The molecule has 2 aromatic carbocycles. The molecule has 1 heterocycles. The third-order valence-electron chi connectivity index (χ3n) is 4.45. The standard InChI is InChI=1S/C18H21N3O3S/c1-13-7-8-16(25(23,24)19-2)11-17(13)20-18(22)21-10-9-14-5-3-4-6-15(14)12-21/h3-8,11,19H,9-10,12H2,1-2H3,(H,20,22). The molecule has 0 atom stereocenters. The van der Waals surface area contributed by atoms with Crippen LogP contribution in [-0.2, 0) is 23.0 Å². The van der Waals surface area contributed by atoms with Gasteiger partial charge in [-0.1, -0.05) is 30.3 Å². The third kappa shape index (κ3) is 3.67. The van der Waals surface area contributed by atoms with Crippen LogP contribution in [0.25, 0.3) is 0 Å². The highest BCUT2D eigenvalue weighted by Crippen LogP contribution is 2.23. The van der Waals surface area contributed by atoms with Crippen LogP contribution in [0, 0.1) is 6.92 Å². The molecule has 0 saturated carbocycles. The van der Waals surface area contributed by atoms with Crippen molar-refractivity contribution in [3.63, 3.8) is 0 Å². The molecule has 0 fully saturated rings. The maximum absolute atomic E-state index is 12.6. The van der Waals surface area contributed by atoms with E-state index in [1.54, 1.807) is 11.0 Å². The zero-order valence-corrected chi connectivity index (χ0v) is 15.1. The van der Waals surface area contributed by atoms with E-state index >= 15 is 0 Å². The number of amides is 2. The largest absolute Gasteiger partial charge is 0.322 e. The Labute approximate surface area is 147 Å². The number of nitrogens with zero attached hydrogens (tertiary/aromatic N) is 1. The van der Waals surface area contributed by atoms with Gasteiger partial charge in [0.05, 0.1) is 4.90 Å². The van der Waals surface area contributed by atoms with Crippen molar-refractivity contribution in [3.8, 4) is 0 Å². The zero-order valence-electron chi connectivity index (χ0n) is 14.2. The molecule has 0 bridgehead atoms. The van der Waals surface area contributed by atoms with Crippen molar-refractivity contribution in [1.82, 2.24) is 9.62 Å². The summed E-state index contributed by atoms with van der Waals surface area (Å²) in [5, 5.41) is 2.84. The Morgan fingerprint density at radius 1 is 1.12 bits per heavy atom. The van der Waals surface area contributed by atoms with Crippen LogP contribution in [0.15, 0.2) is 47.4 Å². The lowest BCUT2D eigenvalue weighted by molar-refractivity contribution is 0.206. The first-order valence-corrected chi connectivity index (χ1v) is 9.56. The maximum Gasteiger partial charge on any atom is 0.322 e. The number of benzene rings is 2. The van der Waals surface area contributed by atoms with Gasteiger partial charge in [-0.15, -0.1) is 0 Å². The van der Waals surface area contributed by atoms with E-state index in [0.717, 1.165) is 17.5 Å². The summed E-state index contributed by atoms with van der Waals surface area (Å²) < 4.78 is 26.2. The number of fused-ring (bicyclic) bond motifs is 1. The molecular weight excluding hydrogens is 338 g/mol. The fourth-order valence-corrected chi connectivity index (χ4v) is 3.64. The molecule has 0 unspecified atom stereocenters. The van der Waals surface area contributed by atoms with Gasteiger partial charge < -0.3 is 10.2 Å². The van der Waals surface area contributed by atoms with Gasteiger partial charge in [-0.3, -0.25) is 0 Å². The fourth-order valence-electron chi connectivity index (χ4n) is 2.88. The molecule has 2 aromatic rings. The molecule has 7 heteroatoms. The molecular formula is C18H21N3O3S. The highest BCUT2D eigenvalue weighted by atomic mass is 32.2. The number of hydrogen-bond donors (Lipinski definition) is 2. The predicted octanol–water partition coefficient (Wildman–Crippen LogP) is 2.49. The average Bonchev–Trinajstić information content (AvgIpc) is 2.62. The molecule has 2 amide bonds. The molecule has 3 rings (SSSR count). The van der Waals surface area contributed by atoms with Crippen LogP contribution < -0.4 is 10.0 Å². The Hall–Kier alpha value is -2.38. The van der Waals surface area contributed by atoms with Crippen molar-refractivity contribution in [2.24, 2.45) is 0 Å². The summed E-state index contributed by atoms with van der Waals surface area (Å²) >= 11 is 0. The molecule has 0 radical (unpaired) electrons. The Balaban J connectivity index is 1.79. The topological polar surface area (TPSA) is 78.5 Å². The number of anilines is 1. The van der Waals surface area contributed by atoms with Gasteiger partial charge in [-0.25, -0.2) is 17.9 Å². The Morgan fingerprint density at radius 2 is 1.84 bits per heavy atom. The Morgan fingerprint density at radius 3 is 2.56 bits per heavy atom. The highest BCUT2D eigenvalue weighted by Gasteiger charge is 2.21. The lowest BCUT2D eigenvalue weighted by atomic mass is 10.0. The minimum absolute atomic E-state index is 0.125. The van der Waals surface area contributed by atoms with Gasteiger partial charge in [0.2, 0.25) is 10.0 Å². The third-order valence-corrected chi connectivity index (χ3v) is 5.86. The van der Waals surface area contributed by atoms with E-state index in [-0.39, 0.29) is 10.9 Å². The van der Waals surface area contributed by atoms with Crippen LogP contribution in [0.1, 0.15) is 16.7 Å². The number of rotatable bonds is 3. The van der Waals surface area contributed by atoms with E-state index in [1.807, 2.05) is 25.1 Å². The molecule has 0 aliphatic carbocycles. The fraction of sp³-hybridized carbons (Fsp3) is 0.278. The normalized spacial score (nSPS) is 14.1. The first-order chi connectivity index (χ1) is 11.9. The molecule has 1 aliphatic heterocycles. The minimum Gasteiger partial charge on any atom is -0.320 e. The summed E-state index contributed by atoms with van der Waals surface area (Å²) in [6.07, 6.45) is 0.816. The second kappa shape index (κ2) is 6.85. The van der Waals surface area contributed by atoms with Crippen molar-refractivity contribution in [1.29, 1.82) is 0 Å². The van der Waals surface area contributed by atoms with E-state index in [1.165, 1.54) is 24.7 Å². The summed E-state index contributed by atoms with van der Waals surface area (Å²) in [6, 6.07) is 12.6. The summed E-state index contributed by atoms with van der Waals surface area (Å²) in [7, 11) is -2.19. The van der Waals surface area contributed by atoms with Gasteiger partial charge >= 0.3 is 6.03 Å². The monoisotopic (exact) mass is 359 g/mol. The van der Waals surface area contributed by atoms with Crippen molar-refractivity contribution >= 4 is 21.7 Å². The summed E-state index contributed by atoms with van der Waals surface area (Å²) in [5.74, 6) is 0. The molecule has 0 saturated heterocycles. The lowest BCUT2D eigenvalue weighted by Crippen LogP contribution is -2.39. The number of hydrogen-bond acceptors (Lipinski definition) is 3. The van der Waals surface area contributed by atoms with Crippen LogP contribution in [0.5, 0.6) is 0 Å². The van der Waals surface area contributed by atoms with E-state index in [9.17, 15) is 13.2 Å². The van der Waals surface area contributed by atoms with Gasteiger partial charge in [0, 0.05) is 18.8 Å². The van der Waals surface area contributed by atoms with Gasteiger partial charge in [0.15, 0.2) is 0 Å². The second-order valence-corrected chi connectivity index (χ2v) is 7.94. The van der Waals surface area contributed by atoms with Crippen LogP contribution in [0.3, 0.4) is 0 Å². The number of carbonyl (C=O) groups excluding carboxylic acids is 1. The van der Waals surface area contributed by atoms with Crippen molar-refractivity contribution in [3.05, 3.63) is 59.2 Å². The van der Waals surface area contributed by atoms with E-state index in [0.29, 0.717) is 18.8 Å². The SMILES string of the molecule is CNS(=O)(=O)c1ccc(C)c(NC(=O)N2CCc3ccccc3C2)c1. The second-order valence-electron chi connectivity index (χ2n) is 6.05. The number of nitrogens with one attached hydrogen (secondary N) is 2. The quantitative estimate of drug-likeness (QED) is 0.884. The molecule has 1 aliphatic rings. The maximum atomic E-state index is 12.6. The van der Waals surface area contributed by atoms with E-state index in [2.05, 4.69) is 16.1 Å². The number of urea groups is 1. The summed E-state index contributed by atoms with van der Waals surface area (Å²) in [5.41, 5.74) is 3.72. The van der Waals surface area contributed by atoms with Gasteiger partial charge in [0.1, 0.15) is 0 Å². The van der Waals surface area contributed by atoms with E-state index in [4.69, 9.17) is 0 Å². The van der Waals surface area contributed by atoms with Gasteiger partial charge in [-0.2, -0.15) is 0 Å². The summed E-state index contributed by atoms with van der Waals surface area (Å²) in [4.78, 5) is 14.5. The molecule has 0 aromatic heterocycles. The van der Waals surface area contributed by atoms with Gasteiger partial charge in [0.25, 0.3) is 0 Å². The van der Waals surface area contributed by atoms with Crippen LogP contribution in [0.4, 0.5) is 10.5 Å². The smallest absolute Gasteiger partial charge is 0.320 e. The van der Waals surface area contributed by atoms with Crippen LogP contribution in [-0.4, -0.2) is 32.9 Å². The molecule has 6 nitrogen and oxygen atoms in total. The van der Waals surface area contributed by atoms with Gasteiger partial charge in [-0.05, 0) is 49.2 Å². The number of aryl methyl sites for hydroxylation is 1. The molecule has 132 valence electrons. The minimum atomic E-state index is -3.55. The number of carbonyl (C=O) groups is 1. The highest BCUT2D eigenvalue weighted by molar-refractivity contribution is 7.89. The predicted molar refractivity (Wildman–Crippen MR) is 97.0 cm³/mol. The van der Waals surface area contributed by atoms with E-state index < -0.39 is 10.0 Å².